The molecule has 264 valence electrons. The molecule has 2 saturated heterocycles. The Bertz CT molecular complexity index is 2150. The van der Waals surface area contributed by atoms with E-state index in [1.807, 2.05) is 28.3 Å². The zero-order valence-corrected chi connectivity index (χ0v) is 27.7. The minimum absolute atomic E-state index is 0.0434. The number of ether oxygens (including phenoxy) is 1. The topological polar surface area (TPSA) is 150 Å². The Kier molecular flexibility index (Phi) is 8.72. The van der Waals surface area contributed by atoms with E-state index in [1.165, 1.54) is 18.5 Å². The summed E-state index contributed by atoms with van der Waals surface area (Å²) in [4.78, 5) is 53.8. The zero-order chi connectivity index (χ0) is 35.4. The minimum atomic E-state index is -1.32. The fraction of sp³-hybridized carbons (Fsp3) is 0.429. The first kappa shape index (κ1) is 33.5. The summed E-state index contributed by atoms with van der Waals surface area (Å²) in [7, 11) is 2.02. The molecule has 1 unspecified atom stereocenters. The number of hydrogen-bond donors (Lipinski definition) is 3. The number of benzene rings is 2. The van der Waals surface area contributed by atoms with Gasteiger partial charge in [-0.25, -0.2) is 18.4 Å². The largest absolute Gasteiger partial charge is 0.487 e. The summed E-state index contributed by atoms with van der Waals surface area (Å²) in [6, 6.07) is 4.07. The third kappa shape index (κ3) is 5.93. The lowest BCUT2D eigenvalue weighted by atomic mass is 10.1. The van der Waals surface area contributed by atoms with E-state index in [0.717, 1.165) is 45.1 Å². The van der Waals surface area contributed by atoms with Gasteiger partial charge >= 0.3 is 11.9 Å². The minimum Gasteiger partial charge on any atom is -0.487 e. The molecule has 4 aliphatic rings. The van der Waals surface area contributed by atoms with Crippen LogP contribution in [0.5, 0.6) is 5.75 Å². The number of rotatable bonds is 5. The molecule has 50 heavy (non-hydrogen) atoms. The molecule has 4 aromatic rings. The second-order valence-electron chi connectivity index (χ2n) is 13.3. The molecule has 2 aromatic carbocycles. The monoisotopic (exact) mass is 692 g/mol. The first-order chi connectivity index (χ1) is 23.9. The van der Waals surface area contributed by atoms with Crippen LogP contribution >= 0.6 is 0 Å². The lowest BCUT2D eigenvalue weighted by Gasteiger charge is -2.37. The molecule has 1 atom stereocenters. The number of nitrogens with one attached hydrogen (secondary N) is 1. The third-order valence-electron chi connectivity index (χ3n) is 9.92. The number of aromatic carboxylic acids is 2. The van der Waals surface area contributed by atoms with Crippen molar-refractivity contribution in [3.63, 3.8) is 0 Å². The summed E-state index contributed by atoms with van der Waals surface area (Å²) in [6.45, 7) is 8.04. The molecule has 3 aliphatic heterocycles. The van der Waals surface area contributed by atoms with Gasteiger partial charge in [-0.15, -0.1) is 0 Å². The van der Waals surface area contributed by atoms with Crippen LogP contribution in [0.4, 0.5) is 20.2 Å². The molecule has 15 heteroatoms. The van der Waals surface area contributed by atoms with Crippen LogP contribution in [0.15, 0.2) is 40.2 Å². The number of hydrogen-bond acceptors (Lipinski definition) is 9. The molecule has 13 nitrogen and oxygen atoms in total. The van der Waals surface area contributed by atoms with E-state index >= 15 is 0 Å². The molecular weight excluding hydrogens is 654 g/mol. The number of pyridine rings is 2. The first-order valence-corrected chi connectivity index (χ1v) is 16.7. The number of piperazine rings is 2. The normalized spacial score (nSPS) is 19.2. The van der Waals surface area contributed by atoms with Gasteiger partial charge in [0, 0.05) is 76.2 Å². The molecule has 0 bridgehead atoms. The molecule has 2 aromatic heterocycles. The number of fused-ring (bicyclic) bond motifs is 1. The van der Waals surface area contributed by atoms with Crippen molar-refractivity contribution in [3.8, 4) is 5.75 Å². The number of halogens is 2. The van der Waals surface area contributed by atoms with Gasteiger partial charge in [0.25, 0.3) is 0 Å². The number of anilines is 2. The average Bonchev–Trinajstić information content (AvgIpc) is 3.94. The quantitative estimate of drug-likeness (QED) is 0.283. The Morgan fingerprint density at radius 1 is 0.820 bits per heavy atom. The summed E-state index contributed by atoms with van der Waals surface area (Å²) in [6.07, 6.45) is 4.63. The van der Waals surface area contributed by atoms with E-state index in [0.29, 0.717) is 54.3 Å². The molecule has 5 heterocycles. The van der Waals surface area contributed by atoms with Gasteiger partial charge in [-0.1, -0.05) is 0 Å². The van der Waals surface area contributed by atoms with Crippen LogP contribution < -0.4 is 30.7 Å². The van der Waals surface area contributed by atoms with Crippen molar-refractivity contribution in [2.45, 2.75) is 31.8 Å². The highest BCUT2D eigenvalue weighted by molar-refractivity contribution is 5.97. The van der Waals surface area contributed by atoms with Gasteiger partial charge in [0.05, 0.1) is 28.1 Å². The van der Waals surface area contributed by atoms with Gasteiger partial charge in [0.15, 0.2) is 11.6 Å². The van der Waals surface area contributed by atoms with Crippen LogP contribution in [0, 0.1) is 11.6 Å². The van der Waals surface area contributed by atoms with Gasteiger partial charge in [-0.05, 0) is 45.0 Å². The highest BCUT2D eigenvalue weighted by Gasteiger charge is 2.31. The van der Waals surface area contributed by atoms with Crippen LogP contribution in [-0.2, 0) is 0 Å². The number of aromatic nitrogens is 2. The molecule has 0 amide bonds. The summed E-state index contributed by atoms with van der Waals surface area (Å²) >= 11 is 0. The van der Waals surface area contributed by atoms with E-state index in [2.05, 4.69) is 10.2 Å². The Balaban J connectivity index is 0.000000157. The maximum Gasteiger partial charge on any atom is 0.341 e. The van der Waals surface area contributed by atoms with Crippen molar-refractivity contribution < 1.29 is 33.3 Å². The molecule has 1 saturated carbocycles. The second-order valence-corrected chi connectivity index (χ2v) is 13.3. The highest BCUT2D eigenvalue weighted by Crippen LogP contribution is 2.42. The molecule has 1 aliphatic carbocycles. The van der Waals surface area contributed by atoms with Gasteiger partial charge in [-0.3, -0.25) is 9.59 Å². The zero-order valence-electron chi connectivity index (χ0n) is 27.7. The fourth-order valence-electron chi connectivity index (χ4n) is 7.00. The predicted molar refractivity (Wildman–Crippen MR) is 184 cm³/mol. The van der Waals surface area contributed by atoms with E-state index in [-0.39, 0.29) is 40.6 Å². The van der Waals surface area contributed by atoms with Gasteiger partial charge in [0.1, 0.15) is 29.2 Å². The van der Waals surface area contributed by atoms with Crippen molar-refractivity contribution in [2.24, 2.45) is 0 Å². The fourth-order valence-corrected chi connectivity index (χ4v) is 7.00. The number of carboxylic acid groups (broad SMARTS) is 2. The van der Waals surface area contributed by atoms with Crippen LogP contribution in [-0.4, -0.2) is 102 Å². The average molecular weight is 693 g/mol. The van der Waals surface area contributed by atoms with Gasteiger partial charge < -0.3 is 44.1 Å². The lowest BCUT2D eigenvalue weighted by Crippen LogP contribution is -2.45. The lowest BCUT2D eigenvalue weighted by molar-refractivity contribution is 0.0683. The Labute approximate surface area is 284 Å². The van der Waals surface area contributed by atoms with Crippen molar-refractivity contribution in [1.82, 2.24) is 19.4 Å². The van der Waals surface area contributed by atoms with Crippen molar-refractivity contribution in [3.05, 3.63) is 73.8 Å². The van der Waals surface area contributed by atoms with Crippen LogP contribution in [0.3, 0.4) is 0 Å². The van der Waals surface area contributed by atoms with Crippen molar-refractivity contribution >= 4 is 45.1 Å². The summed E-state index contributed by atoms with van der Waals surface area (Å²) in [5.41, 5.74) is -0.0644. The summed E-state index contributed by atoms with van der Waals surface area (Å²) in [5, 5.41) is 22.0. The third-order valence-corrected chi connectivity index (χ3v) is 9.92. The second kappa shape index (κ2) is 13.0. The molecule has 3 fully saturated rings. The van der Waals surface area contributed by atoms with E-state index in [1.54, 1.807) is 10.6 Å². The molecule has 0 radical (unpaired) electrons. The van der Waals surface area contributed by atoms with E-state index in [4.69, 9.17) is 4.74 Å². The van der Waals surface area contributed by atoms with Crippen molar-refractivity contribution in [1.29, 1.82) is 0 Å². The van der Waals surface area contributed by atoms with Crippen molar-refractivity contribution in [2.75, 3.05) is 75.8 Å². The first-order valence-electron chi connectivity index (χ1n) is 16.7. The number of carboxylic acids is 2. The summed E-state index contributed by atoms with van der Waals surface area (Å²) < 4.78 is 39.0. The van der Waals surface area contributed by atoms with Crippen LogP contribution in [0.2, 0.25) is 0 Å². The Morgan fingerprint density at radius 2 is 1.42 bits per heavy atom. The predicted octanol–water partition coefficient (Wildman–Crippen LogP) is 3.13. The smallest absolute Gasteiger partial charge is 0.341 e. The molecule has 8 rings (SSSR count). The maximum absolute atomic E-state index is 15.0. The molecule has 0 spiro atoms. The maximum atomic E-state index is 15.0. The van der Waals surface area contributed by atoms with Crippen LogP contribution in [0.1, 0.15) is 52.6 Å². The van der Waals surface area contributed by atoms with E-state index in [9.17, 15) is 38.2 Å². The summed E-state index contributed by atoms with van der Waals surface area (Å²) in [5.74, 6) is -3.30. The number of carbonyl (C=O) groups is 2. The number of likely N-dealkylation sites (N-methyl/N-ethyl adjacent to an activating group) is 1. The Morgan fingerprint density at radius 3 is 2.04 bits per heavy atom. The SMILES string of the molecule is CC1COc2c(N3CCN(C)CC3)c(F)cc3c(=O)c(C(=O)O)cn1c23.O=C(O)c1cn(C2CC2)c2cc(N3CCNCC3)c(F)cc2c1=O. The van der Waals surface area contributed by atoms with E-state index < -0.39 is 34.4 Å². The molecular formula is C35H38F2N6O7. The van der Waals surface area contributed by atoms with Gasteiger partial charge in [-0.2, -0.15) is 0 Å². The standard InChI is InChI=1S/C18H20FN3O4.C17H18FN3O3/c1-10-9-26-17-14-11(16(23)12(18(24)25)8-22(10)14)7-13(19)15(17)21-5-3-20(2)4-6-21;18-13-7-11-14(8-15(13)20-5-3-19-4-6-20)21(10-1-2-10)9-12(16(11)22)17(23)24/h7-8,10H,3-6,9H2,1-2H3,(H,24,25);7-10,19H,1-6H2,(H,23,24). The Hall–Kier alpha value is -5.02. The number of nitrogens with zero attached hydrogens (tertiary/aromatic N) is 5. The van der Waals surface area contributed by atoms with Gasteiger partial charge in [0.2, 0.25) is 10.9 Å². The van der Waals surface area contributed by atoms with Crippen LogP contribution in [0.25, 0.3) is 21.8 Å². The molecule has 3 N–H and O–H groups in total. The highest BCUT2D eigenvalue weighted by atomic mass is 19.1.